The largest absolute Gasteiger partial charge is 0.458 e. The summed E-state index contributed by atoms with van der Waals surface area (Å²) in [4.78, 5) is 24.7. The van der Waals surface area contributed by atoms with Crippen molar-refractivity contribution in [2.24, 2.45) is 34.5 Å². The van der Waals surface area contributed by atoms with Crippen LogP contribution in [0.4, 0.5) is 4.39 Å². The molecule has 0 heterocycles. The van der Waals surface area contributed by atoms with Crippen molar-refractivity contribution in [2.75, 3.05) is 0 Å². The Morgan fingerprint density at radius 2 is 1.73 bits per heavy atom. The average Bonchev–Trinajstić information content (AvgIpc) is 3.06. The summed E-state index contributed by atoms with van der Waals surface area (Å²) in [6.07, 6.45) is 5.80. The van der Waals surface area contributed by atoms with Crippen LogP contribution < -0.4 is 0 Å². The lowest BCUT2D eigenvalue weighted by Gasteiger charge is -2.60. The molecule has 1 aromatic rings. The average molecular weight is 413 g/mol. The molecule has 5 rings (SSSR count). The molecule has 0 radical (unpaired) electrons. The first kappa shape index (κ1) is 20.2. The molecule has 30 heavy (non-hydrogen) atoms. The molecule has 0 amide bonds. The second kappa shape index (κ2) is 7.17. The number of alkyl halides is 1. The Morgan fingerprint density at radius 3 is 2.50 bits per heavy atom. The lowest BCUT2D eigenvalue weighted by atomic mass is 9.45. The summed E-state index contributed by atoms with van der Waals surface area (Å²) in [5, 5.41) is 0. The topological polar surface area (TPSA) is 43.4 Å². The number of Topliss-reactive ketones (excluding diaryl/α,β-unsaturated/α-hetero) is 1. The predicted molar refractivity (Wildman–Crippen MR) is 113 cm³/mol. The molecule has 3 nitrogen and oxygen atoms in total. The molecule has 8 atom stereocenters. The van der Waals surface area contributed by atoms with E-state index in [4.69, 9.17) is 4.74 Å². The van der Waals surface area contributed by atoms with Crippen LogP contribution in [0.2, 0.25) is 0 Å². The smallest absolute Gasteiger partial charge is 0.338 e. The summed E-state index contributed by atoms with van der Waals surface area (Å²) in [5.74, 6) is 1.53. The predicted octanol–water partition coefficient (Wildman–Crippen LogP) is 5.77. The molecule has 4 saturated carbocycles. The molecule has 4 heteroatoms. The zero-order chi connectivity index (χ0) is 21.1. The number of ketones is 1. The van der Waals surface area contributed by atoms with Gasteiger partial charge >= 0.3 is 5.97 Å². The highest BCUT2D eigenvalue weighted by molar-refractivity contribution is 5.89. The SMILES string of the molecule is C[C@]12C[C@H](F)C(=O)C[C@H]1CC[C@@H]1[C@@H]2CC[C@]2(C)[C@@H](OC(=O)c3ccccc3)CC[C@@H]12. The minimum absolute atomic E-state index is 0.00834. The molecule has 0 unspecified atom stereocenters. The van der Waals surface area contributed by atoms with Gasteiger partial charge in [0.2, 0.25) is 0 Å². The fourth-order valence-corrected chi connectivity index (χ4v) is 7.98. The van der Waals surface area contributed by atoms with Crippen LogP contribution in [0, 0.1) is 34.5 Å². The van der Waals surface area contributed by atoms with Gasteiger partial charge in [-0.3, -0.25) is 4.79 Å². The van der Waals surface area contributed by atoms with Gasteiger partial charge in [0, 0.05) is 11.8 Å². The lowest BCUT2D eigenvalue weighted by molar-refractivity contribution is -0.151. The molecule has 0 aromatic heterocycles. The number of halogens is 1. The fraction of sp³-hybridized carbons (Fsp3) is 0.692. The number of rotatable bonds is 2. The second-order valence-electron chi connectivity index (χ2n) is 10.9. The summed E-state index contributed by atoms with van der Waals surface area (Å²) >= 11 is 0. The maximum atomic E-state index is 14.5. The minimum Gasteiger partial charge on any atom is -0.458 e. The quantitative estimate of drug-likeness (QED) is 0.579. The van der Waals surface area contributed by atoms with E-state index in [1.165, 1.54) is 0 Å². The van der Waals surface area contributed by atoms with Gasteiger partial charge in [0.05, 0.1) is 5.56 Å². The number of fused-ring (bicyclic) bond motifs is 5. The number of hydrogen-bond donors (Lipinski definition) is 0. The first-order valence-corrected chi connectivity index (χ1v) is 11.8. The van der Waals surface area contributed by atoms with Gasteiger partial charge in [0.25, 0.3) is 0 Å². The van der Waals surface area contributed by atoms with Gasteiger partial charge < -0.3 is 4.74 Å². The fourth-order valence-electron chi connectivity index (χ4n) is 7.98. The summed E-state index contributed by atoms with van der Waals surface area (Å²) in [6, 6.07) is 9.27. The molecule has 0 N–H and O–H groups in total. The number of benzene rings is 1. The van der Waals surface area contributed by atoms with E-state index < -0.39 is 6.17 Å². The number of hydrogen-bond acceptors (Lipinski definition) is 3. The third-order valence-corrected chi connectivity index (χ3v) is 9.65. The Labute approximate surface area is 178 Å². The Bertz CT molecular complexity index is 838. The molecule has 0 spiro atoms. The van der Waals surface area contributed by atoms with E-state index in [0.717, 1.165) is 38.5 Å². The van der Waals surface area contributed by atoms with Crippen molar-refractivity contribution in [1.82, 2.24) is 0 Å². The van der Waals surface area contributed by atoms with Gasteiger partial charge in [-0.25, -0.2) is 9.18 Å². The molecule has 4 aliphatic rings. The van der Waals surface area contributed by atoms with Gasteiger partial charge in [-0.15, -0.1) is 0 Å². The molecule has 162 valence electrons. The monoisotopic (exact) mass is 412 g/mol. The first-order valence-electron chi connectivity index (χ1n) is 11.8. The molecule has 4 aliphatic carbocycles. The van der Waals surface area contributed by atoms with Crippen LogP contribution in [0.1, 0.15) is 75.6 Å². The molecular weight excluding hydrogens is 379 g/mol. The summed E-state index contributed by atoms with van der Waals surface area (Å²) in [6.45, 7) is 4.58. The maximum absolute atomic E-state index is 14.5. The van der Waals surface area contributed by atoms with E-state index in [0.29, 0.717) is 42.1 Å². The molecule has 0 saturated heterocycles. The van der Waals surface area contributed by atoms with Gasteiger partial charge in [-0.05, 0) is 86.2 Å². The molecule has 0 bridgehead atoms. The molecule has 1 aromatic carbocycles. The van der Waals surface area contributed by atoms with Crippen LogP contribution in [0.25, 0.3) is 0 Å². The van der Waals surface area contributed by atoms with Gasteiger partial charge in [-0.1, -0.05) is 32.0 Å². The summed E-state index contributed by atoms with van der Waals surface area (Å²) < 4.78 is 20.5. The Morgan fingerprint density at radius 1 is 1.00 bits per heavy atom. The highest BCUT2D eigenvalue weighted by Crippen LogP contribution is 2.66. The van der Waals surface area contributed by atoms with E-state index in [-0.39, 0.29) is 28.7 Å². The van der Waals surface area contributed by atoms with Gasteiger partial charge in [0.15, 0.2) is 12.0 Å². The van der Waals surface area contributed by atoms with Crippen LogP contribution in [0.5, 0.6) is 0 Å². The Balaban J connectivity index is 1.35. The summed E-state index contributed by atoms with van der Waals surface area (Å²) in [5.41, 5.74) is 0.567. The Kier molecular flexibility index (Phi) is 4.83. The van der Waals surface area contributed by atoms with Crippen molar-refractivity contribution in [3.05, 3.63) is 35.9 Å². The van der Waals surface area contributed by atoms with Crippen molar-refractivity contribution in [1.29, 1.82) is 0 Å². The van der Waals surface area contributed by atoms with Crippen LogP contribution in [0.15, 0.2) is 30.3 Å². The maximum Gasteiger partial charge on any atom is 0.338 e. The molecular formula is C26H33FO3. The van der Waals surface area contributed by atoms with E-state index >= 15 is 0 Å². The lowest BCUT2D eigenvalue weighted by Crippen LogP contribution is -2.56. The van der Waals surface area contributed by atoms with Crippen molar-refractivity contribution in [2.45, 2.75) is 77.5 Å². The van der Waals surface area contributed by atoms with E-state index in [9.17, 15) is 14.0 Å². The van der Waals surface area contributed by atoms with Crippen LogP contribution in [0.3, 0.4) is 0 Å². The van der Waals surface area contributed by atoms with Crippen LogP contribution >= 0.6 is 0 Å². The van der Waals surface area contributed by atoms with E-state index in [1.54, 1.807) is 0 Å². The van der Waals surface area contributed by atoms with Crippen LogP contribution in [-0.2, 0) is 9.53 Å². The van der Waals surface area contributed by atoms with Gasteiger partial charge in [0.1, 0.15) is 6.10 Å². The first-order chi connectivity index (χ1) is 14.3. The van der Waals surface area contributed by atoms with Crippen molar-refractivity contribution < 1.29 is 18.7 Å². The molecule has 0 aliphatic heterocycles. The Hall–Kier alpha value is -1.71. The number of carbonyl (C=O) groups is 2. The second-order valence-corrected chi connectivity index (χ2v) is 10.9. The van der Waals surface area contributed by atoms with Crippen molar-refractivity contribution >= 4 is 11.8 Å². The number of ether oxygens (including phenoxy) is 1. The minimum atomic E-state index is -1.28. The highest BCUT2D eigenvalue weighted by atomic mass is 19.1. The summed E-state index contributed by atoms with van der Waals surface area (Å²) in [7, 11) is 0. The van der Waals surface area contributed by atoms with E-state index in [2.05, 4.69) is 13.8 Å². The normalized spacial score (nSPS) is 45.2. The van der Waals surface area contributed by atoms with Crippen LogP contribution in [-0.4, -0.2) is 24.0 Å². The zero-order valence-corrected chi connectivity index (χ0v) is 18.1. The third-order valence-electron chi connectivity index (χ3n) is 9.65. The van der Waals surface area contributed by atoms with Gasteiger partial charge in [-0.2, -0.15) is 0 Å². The van der Waals surface area contributed by atoms with Crippen molar-refractivity contribution in [3.63, 3.8) is 0 Å². The highest BCUT2D eigenvalue weighted by Gasteiger charge is 2.62. The van der Waals surface area contributed by atoms with E-state index in [1.807, 2.05) is 30.3 Å². The molecule has 4 fully saturated rings. The standard InChI is InChI=1S/C26H33FO3/c1-25-13-12-20-18(9-8-17-14-22(28)21(27)15-26(17,20)2)19(25)10-11-23(25)30-24(29)16-6-4-3-5-7-16/h3-7,17-21,23H,8-15H2,1-2H3/t17-,18+,19+,20+,21+,23+,25+,26+/m1/s1. The zero-order valence-electron chi connectivity index (χ0n) is 18.1. The number of esters is 1. The third kappa shape index (κ3) is 2.97. The number of carbonyl (C=O) groups excluding carboxylic acids is 2. The van der Waals surface area contributed by atoms with Crippen molar-refractivity contribution in [3.8, 4) is 0 Å².